The van der Waals surface area contributed by atoms with Gasteiger partial charge in [0.1, 0.15) is 22.2 Å². The van der Waals surface area contributed by atoms with Gasteiger partial charge in [-0.3, -0.25) is 19.2 Å². The average Bonchev–Trinajstić information content (AvgIpc) is 1.62. The fraction of sp³-hybridized carbons (Fsp3) is 0.622. The third-order valence-electron chi connectivity index (χ3n) is 23.0. The first-order valence-electron chi connectivity index (χ1n) is 40.8. The maximum absolute atomic E-state index is 13.5. The topological polar surface area (TPSA) is 682 Å². The molecule has 4 heterocycles. The quantitative estimate of drug-likeness (QED) is 0.0192. The summed E-state index contributed by atoms with van der Waals surface area (Å²) in [5.41, 5.74) is 45.3. The third-order valence-corrected chi connectivity index (χ3v) is 31.1. The molecule has 0 radical (unpaired) electrons. The first-order chi connectivity index (χ1) is 57.1. The lowest BCUT2D eigenvalue weighted by Gasteiger charge is -2.33. The molecular formula is C74H128B4N16O24S4. The van der Waals surface area contributed by atoms with Gasteiger partial charge in [-0.25, -0.2) is 0 Å². The summed E-state index contributed by atoms with van der Waals surface area (Å²) in [5.74, 6) is -7.71. The van der Waals surface area contributed by atoms with Crippen molar-refractivity contribution in [2.75, 3.05) is 105 Å². The van der Waals surface area contributed by atoms with Crippen molar-refractivity contribution < 1.29 is 113 Å². The molecule has 0 bridgehead atoms. The monoisotopic (exact) mass is 1800 g/mol. The number of hydrogen-bond donors (Lipinski definition) is 20. The number of nitrogens with zero attached hydrogens (tertiary/aromatic N) is 8. The summed E-state index contributed by atoms with van der Waals surface area (Å²) < 4.78 is 116. The molecule has 0 aliphatic carbocycles. The summed E-state index contributed by atoms with van der Waals surface area (Å²) in [4.78, 5) is 47.4. The Kier molecular flexibility index (Phi) is 42.0. The van der Waals surface area contributed by atoms with Gasteiger partial charge in [0, 0.05) is 147 Å². The zero-order valence-electron chi connectivity index (χ0n) is 69.8. The number of nitrogens with two attached hydrogens (primary N) is 8. The lowest BCUT2D eigenvalue weighted by Crippen LogP contribution is -2.56. The number of likely N-dealkylation sites (N-methyl/N-ethyl adjacent to an activating group) is 4. The number of hydrogen-bond acceptors (Lipinski definition) is 28. The average molecular weight is 1800 g/mol. The zero-order chi connectivity index (χ0) is 91.5. The van der Waals surface area contributed by atoms with Crippen LogP contribution >= 0.6 is 0 Å². The van der Waals surface area contributed by atoms with Crippen molar-refractivity contribution in [3.05, 3.63) is 144 Å². The molecule has 28 N–H and O–H groups in total. The molecular weight excluding hydrogens is 1670 g/mol. The molecule has 122 heavy (non-hydrogen) atoms. The van der Waals surface area contributed by atoms with Gasteiger partial charge in [-0.2, -0.15) is 68.1 Å². The SMILES string of the molecule is CCN(C[C@@H](N)Cc1ccccc1)S(=O)(=O)N1C[C@H](CCCB(O)O)[C@](N)(C(=O)O)C1.CCN(C[C@@H](N)c1ccccc1)S(=O)(=O)N1C[C@H](CCCB(O)O)[C@](N)(C(=O)O)C1.CCN([C@@H](CN)Cc1ccccc1)S(=O)(=O)N1C[C@H](CCCB(O)O)[C@](N)(C(=O)O)C1.CCN([C@@H](CN)c1ccccc1)S(=O)(=O)N1C[C@H](CCCB(O)O)[C@](N)(C(=O)O)C1. The molecule has 0 unspecified atom stereocenters. The van der Waals surface area contributed by atoms with Crippen LogP contribution < -0.4 is 45.9 Å². The van der Waals surface area contributed by atoms with E-state index in [4.69, 9.17) is 86.1 Å². The zero-order valence-corrected chi connectivity index (χ0v) is 73.0. The van der Waals surface area contributed by atoms with E-state index in [9.17, 15) is 73.3 Å². The molecule has 684 valence electrons. The smallest absolute Gasteiger partial charge is 0.451 e. The normalized spacial score (nSPS) is 23.4. The number of carbonyl (C=O) groups is 4. The Morgan fingerprint density at radius 3 is 0.959 bits per heavy atom. The molecule has 12 atom stereocenters. The minimum absolute atomic E-state index is 0.0446. The van der Waals surface area contributed by atoms with Crippen molar-refractivity contribution in [1.82, 2.24) is 34.4 Å². The van der Waals surface area contributed by atoms with Crippen LogP contribution in [0.4, 0.5) is 0 Å². The van der Waals surface area contributed by atoms with Gasteiger partial charge in [0.2, 0.25) is 0 Å². The second kappa shape index (κ2) is 48.1. The largest absolute Gasteiger partial charge is 0.480 e. The number of carboxylic acids is 4. The van der Waals surface area contributed by atoms with Crippen LogP contribution in [0.15, 0.2) is 121 Å². The molecule has 48 heteroatoms. The van der Waals surface area contributed by atoms with Crippen LogP contribution in [0.3, 0.4) is 0 Å². The van der Waals surface area contributed by atoms with Gasteiger partial charge in [0.05, 0.1) is 6.04 Å². The highest BCUT2D eigenvalue weighted by Crippen LogP contribution is 2.39. The standard InChI is InChI=1S/2C19H33BN4O6S.2C18H31BN4O6S/c1-2-24(17(12-21)11-15-7-4-3-5-8-15)31(29,30)23-13-16(9-6-10-20(27)28)19(22,14-23)18(25)26;1-2-23(13-17(21)11-15-7-4-3-5-8-15)31(29,30)24-12-16(9-6-10-20(27)28)19(22,14-24)18(25)26;1-2-23(16(11-20)14-7-4-3-5-8-14)30(28,29)22-12-15(9-6-10-19(26)27)18(21,13-22)17(24)25;1-2-22(12-16(20)14-7-4-3-5-8-14)30(28,29)23-11-15(9-6-10-19(26)27)18(21,13-23)17(24)25/h2*3-5,7-8,16-17,27-28H,2,6,9-14,21-22H2,1H3,(H,25,26);2*3-5,7-8,15-16,26-27H,2,6,9-13,20-21H2,1H3,(H,24,25)/t16-,17+,19-;16-,17-,19-;15-,16-,18-;15-,16+,18-/m0000/s1. The molecule has 4 aromatic rings. The van der Waals surface area contributed by atoms with Gasteiger partial charge in [-0.05, 0) is 86.1 Å². The van der Waals surface area contributed by atoms with Crippen LogP contribution in [0.1, 0.15) is 113 Å². The van der Waals surface area contributed by atoms with Gasteiger partial charge >= 0.3 is 52.4 Å². The van der Waals surface area contributed by atoms with Crippen molar-refractivity contribution in [2.45, 2.75) is 164 Å². The fourth-order valence-corrected chi connectivity index (χ4v) is 23.3. The van der Waals surface area contributed by atoms with Crippen LogP contribution in [-0.4, -0.2) is 320 Å². The minimum Gasteiger partial charge on any atom is -0.480 e. The molecule has 4 aromatic carbocycles. The molecule has 0 saturated carbocycles. The summed E-state index contributed by atoms with van der Waals surface area (Å²) in [6, 6.07) is 35.1. The van der Waals surface area contributed by atoms with E-state index in [1.54, 1.807) is 52.0 Å². The molecule has 40 nitrogen and oxygen atoms in total. The Bertz CT molecular complexity index is 4370. The molecule has 8 rings (SSSR count). The molecule has 4 fully saturated rings. The van der Waals surface area contributed by atoms with Crippen molar-refractivity contribution in [2.24, 2.45) is 69.5 Å². The van der Waals surface area contributed by atoms with Gasteiger partial charge in [-0.1, -0.05) is 175 Å². The Morgan fingerprint density at radius 1 is 0.402 bits per heavy atom. The van der Waals surface area contributed by atoms with Gasteiger partial charge < -0.3 is 106 Å². The van der Waals surface area contributed by atoms with E-state index >= 15 is 0 Å². The lowest BCUT2D eigenvalue weighted by molar-refractivity contribution is -0.145. The Hall–Kier alpha value is -6.14. The Balaban J connectivity index is 0.000000289. The van der Waals surface area contributed by atoms with Crippen molar-refractivity contribution in [1.29, 1.82) is 0 Å². The van der Waals surface area contributed by atoms with E-state index in [0.29, 0.717) is 38.5 Å². The fourth-order valence-electron chi connectivity index (χ4n) is 15.9. The third kappa shape index (κ3) is 28.4. The highest BCUT2D eigenvalue weighted by atomic mass is 32.2. The Labute approximate surface area is 718 Å². The molecule has 0 aromatic heterocycles. The first-order valence-corrected chi connectivity index (χ1v) is 46.4. The van der Waals surface area contributed by atoms with Crippen molar-refractivity contribution in [3.63, 3.8) is 0 Å². The summed E-state index contributed by atoms with van der Waals surface area (Å²) in [6.07, 6.45) is 3.53. The van der Waals surface area contributed by atoms with Crippen molar-refractivity contribution in [3.8, 4) is 0 Å². The number of carboxylic acid groups (broad SMARTS) is 4. The molecule has 4 aliphatic rings. The summed E-state index contributed by atoms with van der Waals surface area (Å²) in [6.45, 7) is 6.21. The minimum atomic E-state index is -4.04. The number of rotatable bonds is 46. The van der Waals surface area contributed by atoms with Crippen LogP contribution in [0.5, 0.6) is 0 Å². The number of benzene rings is 4. The van der Waals surface area contributed by atoms with Gasteiger partial charge in [-0.15, -0.1) is 0 Å². The van der Waals surface area contributed by atoms with Crippen LogP contribution in [0, 0.1) is 23.7 Å². The van der Waals surface area contributed by atoms with Gasteiger partial charge in [0.15, 0.2) is 0 Å². The highest BCUT2D eigenvalue weighted by molar-refractivity contribution is 7.87. The predicted molar refractivity (Wildman–Crippen MR) is 463 cm³/mol. The first kappa shape index (κ1) is 106. The van der Waals surface area contributed by atoms with E-state index in [-0.39, 0.29) is 156 Å². The van der Waals surface area contributed by atoms with E-state index < -0.39 is 163 Å². The van der Waals surface area contributed by atoms with Crippen LogP contribution in [-0.2, 0) is 72.9 Å². The second-order valence-electron chi connectivity index (χ2n) is 31.5. The van der Waals surface area contributed by atoms with Gasteiger partial charge in [0.25, 0.3) is 40.8 Å². The van der Waals surface area contributed by atoms with E-state index in [1.807, 2.05) is 97.1 Å². The van der Waals surface area contributed by atoms with E-state index in [0.717, 1.165) is 39.5 Å². The maximum Gasteiger partial charge on any atom is 0.451 e. The van der Waals surface area contributed by atoms with Crippen LogP contribution in [0.25, 0.3) is 0 Å². The summed E-state index contributed by atoms with van der Waals surface area (Å²) in [5, 5.41) is 111. The van der Waals surface area contributed by atoms with Crippen LogP contribution in [0.2, 0.25) is 25.3 Å². The van der Waals surface area contributed by atoms with Crippen molar-refractivity contribution >= 4 is 93.2 Å². The molecule has 0 amide bonds. The predicted octanol–water partition coefficient (Wildman–Crippen LogP) is -3.38. The van der Waals surface area contributed by atoms with E-state index in [2.05, 4.69) is 0 Å². The highest BCUT2D eigenvalue weighted by Gasteiger charge is 2.58. The van der Waals surface area contributed by atoms with E-state index in [1.165, 1.54) is 17.2 Å². The summed E-state index contributed by atoms with van der Waals surface area (Å²) in [7, 11) is -22.0. The molecule has 4 saturated heterocycles. The Morgan fingerprint density at radius 2 is 0.680 bits per heavy atom. The molecule has 0 spiro atoms. The maximum atomic E-state index is 13.5. The summed E-state index contributed by atoms with van der Waals surface area (Å²) >= 11 is 0. The molecule has 4 aliphatic heterocycles. The lowest BCUT2D eigenvalue weighted by atomic mass is 9.78. The number of aliphatic carboxylic acids is 4. The second-order valence-corrected chi connectivity index (χ2v) is 39.2.